The zero-order valence-electron chi connectivity index (χ0n) is 14.3. The number of hydrogen-bond acceptors (Lipinski definition) is 2. The van der Waals surface area contributed by atoms with Crippen LogP contribution in [-0.2, 0) is 19.9 Å². The molecule has 1 aliphatic heterocycles. The summed E-state index contributed by atoms with van der Waals surface area (Å²) in [5.41, 5.74) is 7.55. The molecule has 0 saturated heterocycles. The summed E-state index contributed by atoms with van der Waals surface area (Å²) in [4.78, 5) is 4.58. The van der Waals surface area contributed by atoms with Gasteiger partial charge in [-0.2, -0.15) is 0 Å². The highest BCUT2D eigenvalue weighted by molar-refractivity contribution is 6.06. The average Bonchev–Trinajstić information content (AvgIpc) is 3.07. The van der Waals surface area contributed by atoms with Gasteiger partial charge in [0.15, 0.2) is 11.2 Å². The van der Waals surface area contributed by atoms with Crippen LogP contribution in [0.4, 0.5) is 0 Å². The quantitative estimate of drug-likeness (QED) is 0.395. The minimum Gasteiger partial charge on any atom is -0.455 e. The fraction of sp³-hybridized carbons (Fsp3) is 0.182. The Morgan fingerprint density at radius 1 is 1.04 bits per heavy atom. The Bertz CT molecular complexity index is 1240. The van der Waals surface area contributed by atoms with Crippen molar-refractivity contribution >= 4 is 21.7 Å². The van der Waals surface area contributed by atoms with Crippen LogP contribution >= 0.6 is 0 Å². The predicted molar refractivity (Wildman–Crippen MR) is 98.1 cm³/mol. The molecule has 4 aromatic rings. The van der Waals surface area contributed by atoms with Crippen LogP contribution in [0.25, 0.3) is 32.9 Å². The molecule has 3 nitrogen and oxygen atoms in total. The van der Waals surface area contributed by atoms with E-state index in [-0.39, 0.29) is 0 Å². The first-order valence-corrected chi connectivity index (χ1v) is 8.76. The molecule has 0 saturated carbocycles. The van der Waals surface area contributed by atoms with Gasteiger partial charge >= 0.3 is 0 Å². The predicted octanol–water partition coefficient (Wildman–Crippen LogP) is 4.39. The van der Waals surface area contributed by atoms with Crippen molar-refractivity contribution in [2.75, 3.05) is 0 Å². The second kappa shape index (κ2) is 4.37. The van der Waals surface area contributed by atoms with Crippen molar-refractivity contribution < 1.29 is 9.30 Å². The van der Waals surface area contributed by atoms with Crippen molar-refractivity contribution in [3.05, 3.63) is 59.4 Å². The van der Waals surface area contributed by atoms with Crippen LogP contribution < -0.4 is 9.30 Å². The third-order valence-electron chi connectivity index (χ3n) is 5.79. The maximum atomic E-state index is 6.50. The van der Waals surface area contributed by atoms with Gasteiger partial charge in [0.25, 0.3) is 6.33 Å². The first kappa shape index (κ1) is 13.4. The summed E-state index contributed by atoms with van der Waals surface area (Å²) in [5.74, 6) is 1.97. The molecule has 0 amide bonds. The number of hydrogen-bond donors (Lipinski definition) is 0. The van der Waals surface area contributed by atoms with E-state index in [2.05, 4.69) is 53.9 Å². The lowest BCUT2D eigenvalue weighted by Gasteiger charge is -2.24. The van der Waals surface area contributed by atoms with E-state index in [1.807, 2.05) is 12.4 Å². The minimum absolute atomic E-state index is 0.920. The van der Waals surface area contributed by atoms with Gasteiger partial charge in [-0.1, -0.05) is 24.3 Å². The Morgan fingerprint density at radius 2 is 1.92 bits per heavy atom. The summed E-state index contributed by atoms with van der Waals surface area (Å²) in [7, 11) is 2.08. The Kier molecular flexibility index (Phi) is 2.33. The van der Waals surface area contributed by atoms with Crippen molar-refractivity contribution in [2.24, 2.45) is 7.05 Å². The number of nitrogens with zero attached hydrogens (tertiary/aromatic N) is 2. The molecule has 0 spiro atoms. The highest BCUT2D eigenvalue weighted by Gasteiger charge is 2.33. The van der Waals surface area contributed by atoms with Gasteiger partial charge < -0.3 is 4.74 Å². The third kappa shape index (κ3) is 1.52. The fourth-order valence-electron chi connectivity index (χ4n) is 4.69. The first-order chi connectivity index (χ1) is 12.2. The Morgan fingerprint density at radius 3 is 2.84 bits per heavy atom. The van der Waals surface area contributed by atoms with Gasteiger partial charge in [0.05, 0.1) is 12.6 Å². The molecule has 0 bridgehead atoms. The summed E-state index contributed by atoms with van der Waals surface area (Å²) in [6, 6.07) is 12.8. The molecular weight excluding hydrogens is 308 g/mol. The first-order valence-electron chi connectivity index (χ1n) is 8.76. The number of rotatable bonds is 0. The highest BCUT2D eigenvalue weighted by atomic mass is 16.5. The molecule has 0 atom stereocenters. The number of aryl methyl sites for hydroxylation is 4. The van der Waals surface area contributed by atoms with Gasteiger partial charge in [-0.15, -0.1) is 0 Å². The average molecular weight is 325 g/mol. The molecule has 1 aromatic heterocycles. The SMILES string of the molecule is Cc1c2c(c3c4c(cccc14)CC3)Oc1cccc3nc[n+](C)c-2c13. The van der Waals surface area contributed by atoms with E-state index in [1.54, 1.807) is 0 Å². The fourth-order valence-corrected chi connectivity index (χ4v) is 4.69. The van der Waals surface area contributed by atoms with Crippen molar-refractivity contribution in [1.82, 2.24) is 4.98 Å². The third-order valence-corrected chi connectivity index (χ3v) is 5.79. The van der Waals surface area contributed by atoms with E-state index < -0.39 is 0 Å². The minimum atomic E-state index is 0.920. The number of fused-ring (bicyclic) bond motifs is 3. The zero-order valence-corrected chi connectivity index (χ0v) is 14.3. The van der Waals surface area contributed by atoms with Gasteiger partial charge in [-0.3, -0.25) is 0 Å². The molecule has 25 heavy (non-hydrogen) atoms. The van der Waals surface area contributed by atoms with Crippen molar-refractivity contribution in [2.45, 2.75) is 19.8 Å². The number of ether oxygens (including phenoxy) is 1. The number of benzene rings is 3. The molecule has 0 radical (unpaired) electrons. The van der Waals surface area contributed by atoms with Gasteiger partial charge in [-0.25, -0.2) is 4.57 Å². The Labute approximate surface area is 145 Å². The standard InChI is InChI=1S/C22H17N2O/c1-12-14-6-3-5-13-9-10-15(19(13)14)22-18(12)21-20-16(23-11-24(21)2)7-4-8-17(20)25-22/h3-8,11H,9-10H2,1-2H3/q+1. The van der Waals surface area contributed by atoms with Gasteiger partial charge in [0, 0.05) is 5.56 Å². The number of aromatic nitrogens is 2. The van der Waals surface area contributed by atoms with Crippen molar-refractivity contribution in [1.29, 1.82) is 0 Å². The van der Waals surface area contributed by atoms with E-state index in [9.17, 15) is 0 Å². The van der Waals surface area contributed by atoms with E-state index in [0.29, 0.717) is 0 Å². The van der Waals surface area contributed by atoms with Gasteiger partial charge in [0.1, 0.15) is 16.9 Å². The summed E-state index contributed by atoms with van der Waals surface area (Å²) in [6.07, 6.45) is 4.07. The highest BCUT2D eigenvalue weighted by Crippen LogP contribution is 2.52. The van der Waals surface area contributed by atoms with E-state index in [4.69, 9.17) is 4.74 Å². The maximum absolute atomic E-state index is 6.50. The van der Waals surface area contributed by atoms with Crippen LogP contribution in [0.5, 0.6) is 11.5 Å². The molecule has 3 heteroatoms. The normalized spacial score (nSPS) is 14.0. The monoisotopic (exact) mass is 325 g/mol. The largest absolute Gasteiger partial charge is 0.455 e. The van der Waals surface area contributed by atoms with Crippen LogP contribution in [0.2, 0.25) is 0 Å². The van der Waals surface area contributed by atoms with Crippen LogP contribution in [-0.4, -0.2) is 4.98 Å². The second-order valence-electron chi connectivity index (χ2n) is 7.10. The summed E-state index contributed by atoms with van der Waals surface area (Å²) in [5, 5.41) is 3.88. The molecule has 1 aliphatic carbocycles. The van der Waals surface area contributed by atoms with Gasteiger partial charge in [0.2, 0.25) is 0 Å². The molecule has 0 N–H and O–H groups in total. The van der Waals surface area contributed by atoms with E-state index in [1.165, 1.54) is 38.7 Å². The van der Waals surface area contributed by atoms with Crippen LogP contribution in [0.1, 0.15) is 16.7 Å². The Hall–Kier alpha value is -2.94. The lowest BCUT2D eigenvalue weighted by molar-refractivity contribution is -0.662. The van der Waals surface area contributed by atoms with Crippen LogP contribution in [0, 0.1) is 6.92 Å². The molecule has 120 valence electrons. The topological polar surface area (TPSA) is 26.0 Å². The molecular formula is C22H17N2O+. The second-order valence-corrected chi connectivity index (χ2v) is 7.10. The zero-order chi connectivity index (χ0) is 16.7. The van der Waals surface area contributed by atoms with Crippen LogP contribution in [0.15, 0.2) is 42.7 Å². The van der Waals surface area contributed by atoms with Gasteiger partial charge in [-0.05, 0) is 58.8 Å². The van der Waals surface area contributed by atoms with Crippen LogP contribution in [0.3, 0.4) is 0 Å². The lowest BCUT2D eigenvalue weighted by atomic mass is 9.90. The summed E-state index contributed by atoms with van der Waals surface area (Å²) >= 11 is 0. The summed E-state index contributed by atoms with van der Waals surface area (Å²) in [6.45, 7) is 2.23. The molecule has 3 aromatic carbocycles. The molecule has 0 fully saturated rings. The molecule has 0 unspecified atom stereocenters. The smallest absolute Gasteiger partial charge is 0.287 e. The Balaban J connectivity index is 1.88. The molecule has 2 aliphatic rings. The lowest BCUT2D eigenvalue weighted by Crippen LogP contribution is -2.33. The maximum Gasteiger partial charge on any atom is 0.287 e. The van der Waals surface area contributed by atoms with Crippen molar-refractivity contribution in [3.63, 3.8) is 0 Å². The summed E-state index contributed by atoms with van der Waals surface area (Å²) < 4.78 is 8.63. The van der Waals surface area contributed by atoms with Crippen molar-refractivity contribution in [3.8, 4) is 22.8 Å². The molecule has 6 rings (SSSR count). The van der Waals surface area contributed by atoms with E-state index >= 15 is 0 Å². The van der Waals surface area contributed by atoms with E-state index in [0.717, 1.165) is 35.2 Å². The molecule has 2 heterocycles.